The van der Waals surface area contributed by atoms with E-state index < -0.39 is 6.04 Å². The van der Waals surface area contributed by atoms with Gasteiger partial charge in [-0.2, -0.15) is 0 Å². The summed E-state index contributed by atoms with van der Waals surface area (Å²) < 4.78 is 0. The van der Waals surface area contributed by atoms with Crippen LogP contribution in [0.4, 0.5) is 0 Å². The van der Waals surface area contributed by atoms with Gasteiger partial charge in [0.2, 0.25) is 11.8 Å². The lowest BCUT2D eigenvalue weighted by Gasteiger charge is -2.33. The highest BCUT2D eigenvalue weighted by Crippen LogP contribution is 2.31. The van der Waals surface area contributed by atoms with Gasteiger partial charge in [0.15, 0.2) is 0 Å². The maximum atomic E-state index is 12.8. The summed E-state index contributed by atoms with van der Waals surface area (Å²) in [5.74, 6) is 0.125. The Morgan fingerprint density at radius 1 is 1.18 bits per heavy atom. The summed E-state index contributed by atoms with van der Waals surface area (Å²) in [6, 6.07) is -0.494. The second kappa shape index (κ2) is 6.57. The van der Waals surface area contributed by atoms with Crippen LogP contribution in [-0.2, 0) is 9.59 Å². The predicted molar refractivity (Wildman–Crippen MR) is 89.2 cm³/mol. The van der Waals surface area contributed by atoms with Gasteiger partial charge in [-0.15, -0.1) is 0 Å². The van der Waals surface area contributed by atoms with Gasteiger partial charge in [0.25, 0.3) is 0 Å². The molecule has 0 aromatic heterocycles. The molecule has 22 heavy (non-hydrogen) atoms. The van der Waals surface area contributed by atoms with Gasteiger partial charge in [0, 0.05) is 26.1 Å². The van der Waals surface area contributed by atoms with Crippen LogP contribution in [0.3, 0.4) is 0 Å². The molecule has 1 saturated heterocycles. The number of nitrogens with zero attached hydrogens (tertiary/aromatic N) is 1. The van der Waals surface area contributed by atoms with E-state index in [0.717, 1.165) is 6.42 Å². The van der Waals surface area contributed by atoms with Gasteiger partial charge >= 0.3 is 0 Å². The lowest BCUT2D eigenvalue weighted by Crippen LogP contribution is -2.54. The molecular formula is C17H33N3O2. The Balaban J connectivity index is 2.82. The Hall–Kier alpha value is -1.10. The maximum absolute atomic E-state index is 12.8. The van der Waals surface area contributed by atoms with Crippen LogP contribution in [0.15, 0.2) is 0 Å². The van der Waals surface area contributed by atoms with Gasteiger partial charge in [-0.25, -0.2) is 0 Å². The molecule has 1 aliphatic rings. The SMILES string of the molecule is CC(=O)N[C@@H](C(=O)N1C[C@@H](CC(C)(C)C)[C@H](N)C1)C(C)(C)C. The highest BCUT2D eigenvalue weighted by molar-refractivity contribution is 5.87. The first-order chi connectivity index (χ1) is 9.81. The molecule has 1 heterocycles. The van der Waals surface area contributed by atoms with Crippen LogP contribution in [-0.4, -0.2) is 41.9 Å². The van der Waals surface area contributed by atoms with Crippen LogP contribution in [0.2, 0.25) is 0 Å². The Bertz CT molecular complexity index is 421. The van der Waals surface area contributed by atoms with E-state index >= 15 is 0 Å². The van der Waals surface area contributed by atoms with E-state index in [9.17, 15) is 9.59 Å². The number of nitrogens with two attached hydrogens (primary N) is 1. The smallest absolute Gasteiger partial charge is 0.245 e. The minimum Gasteiger partial charge on any atom is -0.344 e. The molecule has 0 aromatic rings. The van der Waals surface area contributed by atoms with Crippen LogP contribution in [0.1, 0.15) is 54.9 Å². The summed E-state index contributed by atoms with van der Waals surface area (Å²) in [5, 5.41) is 2.80. The van der Waals surface area contributed by atoms with Gasteiger partial charge < -0.3 is 16.0 Å². The summed E-state index contributed by atoms with van der Waals surface area (Å²) in [5.41, 5.74) is 6.12. The van der Waals surface area contributed by atoms with Crippen molar-refractivity contribution in [3.63, 3.8) is 0 Å². The summed E-state index contributed by atoms with van der Waals surface area (Å²) in [6.45, 7) is 15.2. The van der Waals surface area contributed by atoms with Crippen LogP contribution >= 0.6 is 0 Å². The molecule has 0 radical (unpaired) electrons. The quantitative estimate of drug-likeness (QED) is 0.834. The Labute approximate surface area is 135 Å². The fraction of sp³-hybridized carbons (Fsp3) is 0.882. The van der Waals surface area contributed by atoms with Gasteiger partial charge in [0.05, 0.1) is 0 Å². The number of carbonyl (C=O) groups is 2. The fourth-order valence-corrected chi connectivity index (χ4v) is 3.11. The normalized spacial score (nSPS) is 24.3. The van der Waals surface area contributed by atoms with E-state index in [1.54, 1.807) is 0 Å². The van der Waals surface area contributed by atoms with Crippen LogP contribution < -0.4 is 11.1 Å². The number of likely N-dealkylation sites (tertiary alicyclic amines) is 1. The minimum atomic E-state index is -0.509. The zero-order valence-corrected chi connectivity index (χ0v) is 15.2. The zero-order chi connectivity index (χ0) is 17.3. The van der Waals surface area contributed by atoms with Crippen molar-refractivity contribution in [2.24, 2.45) is 22.5 Å². The Morgan fingerprint density at radius 3 is 2.14 bits per heavy atom. The molecule has 128 valence electrons. The third-order valence-electron chi connectivity index (χ3n) is 4.14. The number of hydrogen-bond donors (Lipinski definition) is 2. The van der Waals surface area contributed by atoms with E-state index in [0.29, 0.717) is 19.0 Å². The van der Waals surface area contributed by atoms with Crippen LogP contribution in [0, 0.1) is 16.7 Å². The summed E-state index contributed by atoms with van der Waals surface area (Å²) >= 11 is 0. The minimum absolute atomic E-state index is 0.0149. The molecule has 0 bridgehead atoms. The third kappa shape index (κ3) is 5.27. The van der Waals surface area contributed by atoms with Crippen molar-refractivity contribution in [2.45, 2.75) is 67.0 Å². The zero-order valence-electron chi connectivity index (χ0n) is 15.2. The summed E-state index contributed by atoms with van der Waals surface area (Å²) in [7, 11) is 0. The first-order valence-corrected chi connectivity index (χ1v) is 8.13. The third-order valence-corrected chi connectivity index (χ3v) is 4.14. The Kier molecular flexibility index (Phi) is 5.66. The molecule has 0 unspecified atom stereocenters. The molecule has 1 rings (SSSR count). The highest BCUT2D eigenvalue weighted by atomic mass is 16.2. The van der Waals surface area contributed by atoms with Crippen molar-refractivity contribution in [1.82, 2.24) is 10.2 Å². The summed E-state index contributed by atoms with van der Waals surface area (Å²) in [6.07, 6.45) is 0.998. The van der Waals surface area contributed by atoms with Gasteiger partial charge in [0.1, 0.15) is 6.04 Å². The number of amides is 2. The molecule has 2 amide bonds. The second-order valence-corrected chi connectivity index (χ2v) is 8.93. The van der Waals surface area contributed by atoms with Crippen molar-refractivity contribution < 1.29 is 9.59 Å². The molecule has 0 saturated carbocycles. The molecule has 1 aliphatic heterocycles. The molecule has 0 aromatic carbocycles. The van der Waals surface area contributed by atoms with Crippen molar-refractivity contribution in [2.75, 3.05) is 13.1 Å². The molecule has 0 spiro atoms. The predicted octanol–water partition coefficient (Wildman–Crippen LogP) is 1.76. The topological polar surface area (TPSA) is 75.4 Å². The van der Waals surface area contributed by atoms with Crippen molar-refractivity contribution in [3.05, 3.63) is 0 Å². The molecule has 5 heteroatoms. The average molecular weight is 311 g/mol. The van der Waals surface area contributed by atoms with E-state index in [1.165, 1.54) is 6.92 Å². The fourth-order valence-electron chi connectivity index (χ4n) is 3.11. The standard InChI is InChI=1S/C17H33N3O2/c1-11(21)19-14(17(5,6)7)15(22)20-9-12(13(18)10-20)8-16(2,3)4/h12-14H,8-10,18H2,1-7H3,(H,19,21)/t12-,13-,14+/m1/s1. The highest BCUT2D eigenvalue weighted by Gasteiger charge is 2.40. The molecule has 1 fully saturated rings. The number of nitrogens with one attached hydrogen (secondary N) is 1. The van der Waals surface area contributed by atoms with E-state index in [4.69, 9.17) is 5.73 Å². The summed E-state index contributed by atoms with van der Waals surface area (Å²) in [4.78, 5) is 26.1. The van der Waals surface area contributed by atoms with E-state index in [2.05, 4.69) is 26.1 Å². The van der Waals surface area contributed by atoms with Gasteiger partial charge in [-0.3, -0.25) is 9.59 Å². The van der Waals surface area contributed by atoms with Crippen molar-refractivity contribution >= 4 is 11.8 Å². The van der Waals surface area contributed by atoms with Gasteiger partial charge in [-0.1, -0.05) is 41.5 Å². The molecular weight excluding hydrogens is 278 g/mol. The van der Waals surface area contributed by atoms with Crippen LogP contribution in [0.25, 0.3) is 0 Å². The number of carbonyl (C=O) groups excluding carboxylic acids is 2. The largest absolute Gasteiger partial charge is 0.344 e. The second-order valence-electron chi connectivity index (χ2n) is 8.93. The molecule has 3 N–H and O–H groups in total. The average Bonchev–Trinajstić information content (AvgIpc) is 2.63. The first kappa shape index (κ1) is 18.9. The Morgan fingerprint density at radius 2 is 1.73 bits per heavy atom. The van der Waals surface area contributed by atoms with E-state index in [1.807, 2.05) is 25.7 Å². The van der Waals surface area contributed by atoms with Crippen molar-refractivity contribution in [3.8, 4) is 0 Å². The molecule has 5 nitrogen and oxygen atoms in total. The maximum Gasteiger partial charge on any atom is 0.245 e. The lowest BCUT2D eigenvalue weighted by molar-refractivity contribution is -0.138. The number of rotatable bonds is 3. The molecule has 0 aliphatic carbocycles. The first-order valence-electron chi connectivity index (χ1n) is 8.13. The van der Waals surface area contributed by atoms with Crippen LogP contribution in [0.5, 0.6) is 0 Å². The van der Waals surface area contributed by atoms with Crippen molar-refractivity contribution in [1.29, 1.82) is 0 Å². The monoisotopic (exact) mass is 311 g/mol. The lowest BCUT2D eigenvalue weighted by atomic mass is 9.83. The molecule has 3 atom stereocenters. The van der Waals surface area contributed by atoms with Gasteiger partial charge in [-0.05, 0) is 23.2 Å². The number of hydrogen-bond acceptors (Lipinski definition) is 3. The van der Waals surface area contributed by atoms with E-state index in [-0.39, 0.29) is 28.7 Å².